The van der Waals surface area contributed by atoms with E-state index in [1.165, 1.54) is 18.3 Å². The Morgan fingerprint density at radius 2 is 1.96 bits per heavy atom. The van der Waals surface area contributed by atoms with E-state index in [4.69, 9.17) is 0 Å². The maximum Gasteiger partial charge on any atom is 0.275 e. The van der Waals surface area contributed by atoms with E-state index in [2.05, 4.69) is 20.7 Å². The number of rotatable bonds is 7. The molecule has 0 aliphatic heterocycles. The molecule has 0 saturated carbocycles. The van der Waals surface area contributed by atoms with Crippen LogP contribution in [-0.4, -0.2) is 33.1 Å². The number of benzene rings is 1. The van der Waals surface area contributed by atoms with Crippen molar-refractivity contribution in [2.45, 2.75) is 33.7 Å². The SMILES string of the molecule is CCn1nc(C)cc1C(=O)Nc1nc(-c2ccc(CCNC(C)=O)cc2)cs1. The Balaban J connectivity index is 1.65. The Bertz CT molecular complexity index is 975. The van der Waals surface area contributed by atoms with Crippen LogP contribution in [0.4, 0.5) is 5.13 Å². The number of hydrogen-bond acceptors (Lipinski definition) is 5. The van der Waals surface area contributed by atoms with Gasteiger partial charge in [0.1, 0.15) is 5.69 Å². The van der Waals surface area contributed by atoms with Crippen LogP contribution >= 0.6 is 11.3 Å². The third kappa shape index (κ3) is 4.83. The Hall–Kier alpha value is -3.00. The molecule has 0 bridgehead atoms. The van der Waals surface area contributed by atoms with Gasteiger partial charge < -0.3 is 5.32 Å². The zero-order valence-corrected chi connectivity index (χ0v) is 17.0. The summed E-state index contributed by atoms with van der Waals surface area (Å²) in [7, 11) is 0. The van der Waals surface area contributed by atoms with Gasteiger partial charge in [-0.05, 0) is 31.9 Å². The highest BCUT2D eigenvalue weighted by Gasteiger charge is 2.15. The molecule has 0 atom stereocenters. The first-order valence-electron chi connectivity index (χ1n) is 9.11. The van der Waals surface area contributed by atoms with Gasteiger partial charge in [0, 0.05) is 31.0 Å². The standard InChI is InChI=1S/C20H23N5O2S/c1-4-25-18(11-13(2)24-25)19(27)23-20-22-17(12-28-20)16-7-5-15(6-8-16)9-10-21-14(3)26/h5-8,11-12H,4,9-10H2,1-3H3,(H,21,26)(H,22,23,27). The van der Waals surface area contributed by atoms with Gasteiger partial charge in [-0.25, -0.2) is 4.98 Å². The number of hydrogen-bond donors (Lipinski definition) is 2. The minimum Gasteiger partial charge on any atom is -0.356 e. The fourth-order valence-electron chi connectivity index (χ4n) is 2.82. The van der Waals surface area contributed by atoms with Crippen LogP contribution in [-0.2, 0) is 17.8 Å². The maximum atomic E-state index is 12.5. The number of carbonyl (C=O) groups is 2. The van der Waals surface area contributed by atoms with Gasteiger partial charge in [0.15, 0.2) is 5.13 Å². The molecule has 7 nitrogen and oxygen atoms in total. The Morgan fingerprint density at radius 3 is 2.64 bits per heavy atom. The monoisotopic (exact) mass is 397 g/mol. The van der Waals surface area contributed by atoms with E-state index in [0.717, 1.165) is 28.9 Å². The quantitative estimate of drug-likeness (QED) is 0.640. The van der Waals surface area contributed by atoms with Gasteiger partial charge in [-0.2, -0.15) is 5.10 Å². The summed E-state index contributed by atoms with van der Waals surface area (Å²) in [6, 6.07) is 9.82. The molecule has 0 aliphatic carbocycles. The molecule has 0 radical (unpaired) electrons. The zero-order valence-electron chi connectivity index (χ0n) is 16.2. The van der Waals surface area contributed by atoms with E-state index in [0.29, 0.717) is 23.9 Å². The third-order valence-electron chi connectivity index (χ3n) is 4.20. The van der Waals surface area contributed by atoms with Gasteiger partial charge in [-0.1, -0.05) is 24.3 Å². The van der Waals surface area contributed by atoms with E-state index in [1.54, 1.807) is 10.7 Å². The van der Waals surface area contributed by atoms with Crippen LogP contribution in [0.3, 0.4) is 0 Å². The Morgan fingerprint density at radius 1 is 1.21 bits per heavy atom. The highest BCUT2D eigenvalue weighted by atomic mass is 32.1. The molecule has 0 aliphatic rings. The predicted molar refractivity (Wildman–Crippen MR) is 111 cm³/mol. The van der Waals surface area contributed by atoms with Crippen molar-refractivity contribution in [3.63, 3.8) is 0 Å². The lowest BCUT2D eigenvalue weighted by molar-refractivity contribution is -0.118. The van der Waals surface area contributed by atoms with Crippen molar-refractivity contribution < 1.29 is 9.59 Å². The second-order valence-electron chi connectivity index (χ2n) is 6.41. The molecule has 2 heterocycles. The molecule has 2 N–H and O–H groups in total. The number of nitrogens with zero attached hydrogens (tertiary/aromatic N) is 3. The molecule has 0 fully saturated rings. The van der Waals surface area contributed by atoms with Crippen molar-refractivity contribution >= 4 is 28.3 Å². The minimum atomic E-state index is -0.211. The van der Waals surface area contributed by atoms with Crippen LogP contribution in [0.1, 0.15) is 35.6 Å². The summed E-state index contributed by atoms with van der Waals surface area (Å²) in [4.78, 5) is 28.0. The largest absolute Gasteiger partial charge is 0.356 e. The maximum absolute atomic E-state index is 12.5. The smallest absolute Gasteiger partial charge is 0.275 e. The molecule has 3 aromatic rings. The fraction of sp³-hybridized carbons (Fsp3) is 0.300. The summed E-state index contributed by atoms with van der Waals surface area (Å²) in [6.07, 6.45) is 0.781. The summed E-state index contributed by atoms with van der Waals surface area (Å²) in [6.45, 7) is 6.58. The molecule has 8 heteroatoms. The Kier molecular flexibility index (Phi) is 6.20. The highest BCUT2D eigenvalue weighted by molar-refractivity contribution is 7.14. The summed E-state index contributed by atoms with van der Waals surface area (Å²) in [5, 5.41) is 12.4. The molecule has 28 heavy (non-hydrogen) atoms. The summed E-state index contributed by atoms with van der Waals surface area (Å²) >= 11 is 1.39. The average molecular weight is 398 g/mol. The van der Waals surface area contributed by atoms with Gasteiger partial charge in [0.2, 0.25) is 5.91 Å². The lowest BCUT2D eigenvalue weighted by Gasteiger charge is -2.04. The predicted octanol–water partition coefficient (Wildman–Crippen LogP) is 3.27. The number of aryl methyl sites for hydroxylation is 2. The van der Waals surface area contributed by atoms with E-state index in [1.807, 2.05) is 43.5 Å². The second kappa shape index (κ2) is 8.79. The molecule has 2 amide bonds. The van der Waals surface area contributed by atoms with Crippen molar-refractivity contribution in [2.75, 3.05) is 11.9 Å². The molecule has 1 aromatic carbocycles. The van der Waals surface area contributed by atoms with Crippen LogP contribution < -0.4 is 10.6 Å². The van der Waals surface area contributed by atoms with Crippen LogP contribution in [0.15, 0.2) is 35.7 Å². The average Bonchev–Trinajstić information content (AvgIpc) is 3.28. The molecule has 2 aromatic heterocycles. The van der Waals surface area contributed by atoms with Crippen LogP contribution in [0.25, 0.3) is 11.3 Å². The van der Waals surface area contributed by atoms with E-state index < -0.39 is 0 Å². The zero-order chi connectivity index (χ0) is 20.1. The van der Waals surface area contributed by atoms with Crippen LogP contribution in [0.2, 0.25) is 0 Å². The number of thiazole rings is 1. The summed E-state index contributed by atoms with van der Waals surface area (Å²) in [5.74, 6) is -0.234. The minimum absolute atomic E-state index is 0.0224. The number of aromatic nitrogens is 3. The lowest BCUT2D eigenvalue weighted by atomic mass is 10.1. The van der Waals surface area contributed by atoms with Gasteiger partial charge in [-0.15, -0.1) is 11.3 Å². The van der Waals surface area contributed by atoms with Crippen molar-refractivity contribution in [3.8, 4) is 11.3 Å². The topological polar surface area (TPSA) is 88.9 Å². The normalized spacial score (nSPS) is 10.7. The molecule has 0 spiro atoms. The second-order valence-corrected chi connectivity index (χ2v) is 7.27. The van der Waals surface area contributed by atoms with Gasteiger partial charge in [0.25, 0.3) is 5.91 Å². The molecule has 0 saturated heterocycles. The summed E-state index contributed by atoms with van der Waals surface area (Å²) < 4.78 is 1.68. The number of nitrogens with one attached hydrogen (secondary N) is 2. The highest BCUT2D eigenvalue weighted by Crippen LogP contribution is 2.25. The number of carbonyl (C=O) groups excluding carboxylic acids is 2. The number of amides is 2. The van der Waals surface area contributed by atoms with Crippen molar-refractivity contribution in [2.24, 2.45) is 0 Å². The first-order chi connectivity index (χ1) is 13.5. The van der Waals surface area contributed by atoms with Crippen molar-refractivity contribution in [1.29, 1.82) is 0 Å². The van der Waals surface area contributed by atoms with Crippen LogP contribution in [0.5, 0.6) is 0 Å². The fourth-order valence-corrected chi connectivity index (χ4v) is 3.53. The van der Waals surface area contributed by atoms with Gasteiger partial charge in [0.05, 0.1) is 11.4 Å². The first-order valence-corrected chi connectivity index (χ1v) is 9.99. The van der Waals surface area contributed by atoms with Crippen molar-refractivity contribution in [1.82, 2.24) is 20.1 Å². The lowest BCUT2D eigenvalue weighted by Crippen LogP contribution is -2.22. The molecular weight excluding hydrogens is 374 g/mol. The van der Waals surface area contributed by atoms with E-state index in [-0.39, 0.29) is 11.8 Å². The third-order valence-corrected chi connectivity index (χ3v) is 4.95. The first kappa shape index (κ1) is 19.8. The Labute approximate surface area is 167 Å². The van der Waals surface area contributed by atoms with E-state index >= 15 is 0 Å². The molecular formula is C20H23N5O2S. The van der Waals surface area contributed by atoms with Gasteiger partial charge >= 0.3 is 0 Å². The summed E-state index contributed by atoms with van der Waals surface area (Å²) in [5.41, 5.74) is 4.28. The molecule has 3 rings (SSSR count). The van der Waals surface area contributed by atoms with Crippen LogP contribution in [0, 0.1) is 6.92 Å². The molecule has 146 valence electrons. The molecule has 0 unspecified atom stereocenters. The van der Waals surface area contributed by atoms with E-state index in [9.17, 15) is 9.59 Å². The number of anilines is 1. The van der Waals surface area contributed by atoms with Crippen molar-refractivity contribution in [3.05, 3.63) is 52.7 Å². The van der Waals surface area contributed by atoms with Gasteiger partial charge in [-0.3, -0.25) is 19.6 Å².